The van der Waals surface area contributed by atoms with Crippen LogP contribution in [-0.2, 0) is 36.7 Å². The van der Waals surface area contributed by atoms with Crippen LogP contribution in [0.15, 0.2) is 23.8 Å². The number of H-pyrrole nitrogens is 1. The number of hydrogen-bond acceptors (Lipinski definition) is 18. The molecule has 0 aromatic carbocycles. The number of aromatic amines is 1. The fourth-order valence-corrected chi connectivity index (χ4v) is 7.82. The van der Waals surface area contributed by atoms with E-state index in [1.165, 1.54) is 42.2 Å². The number of fused-ring (bicyclic) bond motifs is 5. The minimum Gasteiger partial charge on any atom is -0.387 e. The summed E-state index contributed by atoms with van der Waals surface area (Å²) >= 11 is 0. The van der Waals surface area contributed by atoms with E-state index in [1.54, 1.807) is 0 Å². The topological polar surface area (TPSA) is 313 Å². The lowest BCUT2D eigenvalue weighted by Crippen LogP contribution is -2.37. The highest BCUT2D eigenvalue weighted by Gasteiger charge is 2.54. The van der Waals surface area contributed by atoms with E-state index in [-0.39, 0.29) is 34.1 Å². The summed E-state index contributed by atoms with van der Waals surface area (Å²) in [4.78, 5) is 45.7. The molecule has 23 nitrogen and oxygen atoms in total. The molecule has 3 saturated heterocycles. The summed E-state index contributed by atoms with van der Waals surface area (Å²) in [6, 6.07) is 0. The standard InChI is InChI=1S/C22H29N11O12P2/c1-31(2)46(37)40-4-9-14(13(35)20(43-9)32-6-27-10-16(23)25-5-26-17(10)32)45-47(38,39)41-3-8-12(34)15(44-46)21(42-8)33-7-28-11-18(33)29-22(24)30-19(11)36/h5-9,12-15,20-21,34-35H,3-4H2,1-2H3,(H,38,39)(H2,23,25,26)(H3,24,29,30,36)/t8-,9-,12?,13+,14?,15+,20-,21-,46?/m1/s1. The Hall–Kier alpha value is -3.44. The minimum atomic E-state index is -5.03. The Bertz CT molecular complexity index is 1990. The Labute approximate surface area is 262 Å². The third kappa shape index (κ3) is 5.53. The number of nitrogen functional groups attached to an aromatic ring is 2. The Morgan fingerprint density at radius 1 is 0.894 bits per heavy atom. The van der Waals surface area contributed by atoms with Crippen molar-refractivity contribution in [1.82, 2.24) is 43.7 Å². The number of imidazole rings is 2. The van der Waals surface area contributed by atoms with E-state index in [1.807, 2.05) is 0 Å². The van der Waals surface area contributed by atoms with Crippen molar-refractivity contribution in [3.8, 4) is 0 Å². The number of phosphoric acid groups is 1. The first-order valence-electron chi connectivity index (χ1n) is 13.9. The first-order chi connectivity index (χ1) is 22.3. The average molecular weight is 701 g/mol. The van der Waals surface area contributed by atoms with Gasteiger partial charge in [0.25, 0.3) is 5.56 Å². The van der Waals surface area contributed by atoms with Crippen molar-refractivity contribution >= 4 is 49.7 Å². The maximum absolute atomic E-state index is 14.3. The normalized spacial score (nSPS) is 36.7. The third-order valence-electron chi connectivity index (χ3n) is 7.81. The lowest BCUT2D eigenvalue weighted by Gasteiger charge is -2.31. The zero-order valence-corrected chi connectivity index (χ0v) is 26.2. The van der Waals surface area contributed by atoms with Crippen LogP contribution in [0.25, 0.3) is 22.3 Å². The van der Waals surface area contributed by atoms with Gasteiger partial charge in [-0.15, -0.1) is 0 Å². The van der Waals surface area contributed by atoms with Crippen molar-refractivity contribution in [1.29, 1.82) is 0 Å². The van der Waals surface area contributed by atoms with E-state index in [0.29, 0.717) is 0 Å². The summed E-state index contributed by atoms with van der Waals surface area (Å²) in [5.74, 6) is -0.179. The Kier molecular flexibility index (Phi) is 7.94. The van der Waals surface area contributed by atoms with Crippen LogP contribution in [0.4, 0.5) is 11.8 Å². The monoisotopic (exact) mass is 701 g/mol. The molecule has 4 aromatic heterocycles. The van der Waals surface area contributed by atoms with Crippen molar-refractivity contribution in [3.05, 3.63) is 29.3 Å². The first-order valence-corrected chi connectivity index (χ1v) is 16.8. The van der Waals surface area contributed by atoms with Gasteiger partial charge in [0.2, 0.25) is 5.95 Å². The van der Waals surface area contributed by atoms with Gasteiger partial charge in [-0.1, -0.05) is 0 Å². The van der Waals surface area contributed by atoms with Crippen molar-refractivity contribution in [3.63, 3.8) is 0 Å². The van der Waals surface area contributed by atoms with Gasteiger partial charge in [-0.2, -0.15) is 4.98 Å². The number of nitrogens with one attached hydrogen (secondary N) is 1. The molecule has 10 atom stereocenters. The van der Waals surface area contributed by atoms with Crippen molar-refractivity contribution in [2.75, 3.05) is 38.8 Å². The predicted octanol–water partition coefficient (Wildman–Crippen LogP) is -1.77. The highest BCUT2D eigenvalue weighted by Crippen LogP contribution is 2.56. The maximum Gasteiger partial charge on any atom is 0.472 e. The van der Waals surface area contributed by atoms with Gasteiger partial charge in [-0.05, 0) is 14.1 Å². The molecule has 3 fully saturated rings. The zero-order chi connectivity index (χ0) is 33.4. The molecule has 3 aliphatic heterocycles. The van der Waals surface area contributed by atoms with Gasteiger partial charge in [0.15, 0.2) is 35.1 Å². The smallest absolute Gasteiger partial charge is 0.387 e. The van der Waals surface area contributed by atoms with E-state index in [0.717, 1.165) is 4.67 Å². The molecule has 8 N–H and O–H groups in total. The largest absolute Gasteiger partial charge is 0.472 e. The van der Waals surface area contributed by atoms with Gasteiger partial charge >= 0.3 is 15.6 Å². The van der Waals surface area contributed by atoms with Crippen LogP contribution in [0.1, 0.15) is 12.5 Å². The SMILES string of the molecule is CN(C)P1(=O)OC[C@H]2O[C@@H](n3cnc4c(N)ncnc43)[C@@H](O)C2OP(=O)(O)OC[C@H]2O[C@@H](n3cnc4c(=O)[nH]c(N)nc43)[C@@H](O1)C2O. The summed E-state index contributed by atoms with van der Waals surface area (Å²) in [5.41, 5.74) is 11.2. The van der Waals surface area contributed by atoms with Crippen LogP contribution in [0.5, 0.6) is 0 Å². The van der Waals surface area contributed by atoms with E-state index in [9.17, 15) is 29.0 Å². The Balaban J connectivity index is 1.24. The molecule has 0 saturated carbocycles. The first kappa shape index (κ1) is 32.1. The fourth-order valence-electron chi connectivity index (χ4n) is 5.51. The number of aliphatic hydroxyl groups is 2. The van der Waals surface area contributed by atoms with E-state index >= 15 is 0 Å². The molecule has 7 rings (SSSR count). The van der Waals surface area contributed by atoms with Crippen LogP contribution in [-0.4, -0.2) is 123 Å². The summed E-state index contributed by atoms with van der Waals surface area (Å²) in [6.07, 6.45) is -8.19. The summed E-state index contributed by atoms with van der Waals surface area (Å²) < 4.78 is 65.4. The number of phosphoric ester groups is 1. The molecule has 0 radical (unpaired) electrons. The van der Waals surface area contributed by atoms with Gasteiger partial charge in [0, 0.05) is 0 Å². The number of hydrogen-bond donors (Lipinski definition) is 6. The molecule has 254 valence electrons. The predicted molar refractivity (Wildman–Crippen MR) is 155 cm³/mol. The van der Waals surface area contributed by atoms with Gasteiger partial charge in [-0.3, -0.25) is 37.0 Å². The number of nitrogens with two attached hydrogens (primary N) is 2. The van der Waals surface area contributed by atoms with Crippen LogP contribution >= 0.6 is 15.6 Å². The quantitative estimate of drug-likeness (QED) is 0.129. The zero-order valence-electron chi connectivity index (χ0n) is 24.4. The molecular weight excluding hydrogens is 672 g/mol. The number of aromatic nitrogens is 8. The number of ether oxygens (including phenoxy) is 2. The molecule has 0 spiro atoms. The molecule has 47 heavy (non-hydrogen) atoms. The second-order valence-electron chi connectivity index (χ2n) is 11.0. The molecule has 2 bridgehead atoms. The number of rotatable bonds is 3. The molecule has 0 aliphatic carbocycles. The van der Waals surface area contributed by atoms with Crippen LogP contribution in [0.3, 0.4) is 0 Å². The second-order valence-corrected chi connectivity index (χ2v) is 14.6. The highest BCUT2D eigenvalue weighted by molar-refractivity contribution is 7.51. The van der Waals surface area contributed by atoms with E-state index < -0.39 is 83.4 Å². The lowest BCUT2D eigenvalue weighted by molar-refractivity contribution is -0.0652. The molecule has 25 heteroatoms. The van der Waals surface area contributed by atoms with Crippen LogP contribution in [0.2, 0.25) is 0 Å². The minimum absolute atomic E-state index is 0.0576. The fraction of sp³-hybridized carbons (Fsp3) is 0.545. The Morgan fingerprint density at radius 3 is 2.32 bits per heavy atom. The molecular formula is C22H29N11O12P2. The van der Waals surface area contributed by atoms with Crippen molar-refractivity contribution in [2.24, 2.45) is 0 Å². The van der Waals surface area contributed by atoms with Crippen LogP contribution < -0.4 is 17.0 Å². The summed E-state index contributed by atoms with van der Waals surface area (Å²) in [6.45, 7) is -1.38. The van der Waals surface area contributed by atoms with Gasteiger partial charge in [0.05, 0.1) is 25.9 Å². The Morgan fingerprint density at radius 2 is 1.57 bits per heavy atom. The molecule has 4 aromatic rings. The molecule has 3 aliphatic rings. The van der Waals surface area contributed by atoms with E-state index in [2.05, 4.69) is 29.9 Å². The van der Waals surface area contributed by atoms with E-state index in [4.69, 9.17) is 39.0 Å². The summed E-state index contributed by atoms with van der Waals surface area (Å²) in [7, 11) is -6.64. The van der Waals surface area contributed by atoms with Gasteiger partial charge in [-0.25, -0.2) is 33.7 Å². The third-order valence-corrected chi connectivity index (χ3v) is 10.8. The highest BCUT2D eigenvalue weighted by atomic mass is 31.2. The lowest BCUT2D eigenvalue weighted by atomic mass is 10.1. The number of anilines is 2. The molecule has 0 amide bonds. The van der Waals surface area contributed by atoms with Crippen LogP contribution in [0, 0.1) is 0 Å². The molecule has 7 heterocycles. The average Bonchev–Trinajstić information content (AvgIpc) is 3.76. The summed E-state index contributed by atoms with van der Waals surface area (Å²) in [5, 5.41) is 22.6. The van der Waals surface area contributed by atoms with Crippen molar-refractivity contribution < 1.29 is 51.8 Å². The van der Waals surface area contributed by atoms with Crippen molar-refractivity contribution in [2.45, 2.75) is 49.1 Å². The molecule has 4 unspecified atom stereocenters. The van der Waals surface area contributed by atoms with Gasteiger partial charge < -0.3 is 36.0 Å². The van der Waals surface area contributed by atoms with Gasteiger partial charge in [0.1, 0.15) is 48.5 Å². The number of aliphatic hydroxyl groups excluding tert-OH is 2. The second kappa shape index (κ2) is 11.6. The maximum atomic E-state index is 14.3. The number of nitrogens with zero attached hydrogens (tertiary/aromatic N) is 8.